The highest BCUT2D eigenvalue weighted by atomic mass is 16.6. The number of tetrazole rings is 1. The van der Waals surface area contributed by atoms with Crippen molar-refractivity contribution in [2.24, 2.45) is 11.8 Å². The number of carboxylic acids is 1. The first kappa shape index (κ1) is 36.7. The molecule has 3 amide bonds. The number of benzene rings is 3. The van der Waals surface area contributed by atoms with Gasteiger partial charge in [-0.25, -0.2) is 9.59 Å². The minimum absolute atomic E-state index is 0.186. The molecule has 1 atom stereocenters. The van der Waals surface area contributed by atoms with E-state index in [1.54, 1.807) is 37.3 Å². The number of carboxylic acid groups (broad SMARTS) is 1. The van der Waals surface area contributed by atoms with E-state index in [0.29, 0.717) is 36.5 Å². The third-order valence-electron chi connectivity index (χ3n) is 9.05. The molecule has 1 heterocycles. The molecule has 0 spiro atoms. The maximum atomic E-state index is 13.7. The molecule has 1 aliphatic carbocycles. The van der Waals surface area contributed by atoms with Crippen LogP contribution in [0.3, 0.4) is 0 Å². The fourth-order valence-electron chi connectivity index (χ4n) is 6.34. The number of hydrogen-bond donors (Lipinski definition) is 5. The third-order valence-corrected chi connectivity index (χ3v) is 9.05. The van der Waals surface area contributed by atoms with Crippen LogP contribution in [0, 0.1) is 25.7 Å². The first-order chi connectivity index (χ1) is 24.3. The number of alkyl carbamates (subject to hydrolysis) is 1. The number of carbonyl (C=O) groups is 4. The molecule has 0 radical (unpaired) electrons. The van der Waals surface area contributed by atoms with Crippen molar-refractivity contribution in [1.82, 2.24) is 31.3 Å². The van der Waals surface area contributed by atoms with Gasteiger partial charge >= 0.3 is 12.1 Å². The van der Waals surface area contributed by atoms with Crippen LogP contribution in [-0.2, 0) is 20.7 Å². The largest absolute Gasteiger partial charge is 0.478 e. The van der Waals surface area contributed by atoms with Crippen molar-refractivity contribution in [2.75, 3.05) is 11.9 Å². The quantitative estimate of drug-likeness (QED) is 0.128. The van der Waals surface area contributed by atoms with Crippen molar-refractivity contribution in [3.8, 4) is 22.5 Å². The number of rotatable bonds is 11. The molecule has 4 aromatic rings. The van der Waals surface area contributed by atoms with E-state index in [4.69, 9.17) is 4.74 Å². The summed E-state index contributed by atoms with van der Waals surface area (Å²) in [6.45, 7) is 9.65. The van der Waals surface area contributed by atoms with Gasteiger partial charge in [0.25, 0.3) is 0 Å². The van der Waals surface area contributed by atoms with E-state index in [2.05, 4.69) is 36.6 Å². The number of hydrogen-bond acceptors (Lipinski definition) is 8. The van der Waals surface area contributed by atoms with Crippen LogP contribution in [0.15, 0.2) is 60.7 Å². The number of aromatic nitrogens is 4. The van der Waals surface area contributed by atoms with Gasteiger partial charge < -0.3 is 25.8 Å². The predicted octanol–water partition coefficient (Wildman–Crippen LogP) is 5.85. The van der Waals surface area contributed by atoms with Crippen LogP contribution in [0.1, 0.15) is 73.5 Å². The summed E-state index contributed by atoms with van der Waals surface area (Å²) in [7, 11) is 0. The van der Waals surface area contributed by atoms with Crippen LogP contribution >= 0.6 is 0 Å². The summed E-state index contributed by atoms with van der Waals surface area (Å²) in [5.74, 6) is -1.13. The molecule has 0 aliphatic heterocycles. The van der Waals surface area contributed by atoms with Gasteiger partial charge in [-0.2, -0.15) is 5.21 Å². The Morgan fingerprint density at radius 2 is 1.59 bits per heavy atom. The van der Waals surface area contributed by atoms with Crippen molar-refractivity contribution in [3.63, 3.8) is 0 Å². The van der Waals surface area contributed by atoms with Crippen molar-refractivity contribution < 1.29 is 29.0 Å². The highest BCUT2D eigenvalue weighted by Crippen LogP contribution is 2.30. The molecule has 51 heavy (non-hydrogen) atoms. The number of ether oxygens (including phenoxy) is 1. The Morgan fingerprint density at radius 1 is 0.922 bits per heavy atom. The van der Waals surface area contributed by atoms with Crippen LogP contribution in [-0.4, -0.2) is 67.8 Å². The second kappa shape index (κ2) is 16.0. The standard InChI is InChI=1S/C38H45N7O6/c1-22-18-23(2)31(36(48)49)20-30(22)26-10-6-24(7-11-26)19-32(35(47)40-29-16-14-27(15-17-29)33-42-44-45-43-33)41-34(46)28-12-8-25(9-13-28)21-39-37(50)51-38(3,4)5/h6-7,10-11,14-18,20,25,28,32H,8-9,12-13,19,21H2,1-5H3,(H,39,50)(H,40,47)(H,41,46)(H,48,49)(H,42,43,44,45)/t25?,28?,32-/m0/s1. The fraction of sp³-hybridized carbons (Fsp3) is 0.395. The number of nitrogens with zero attached hydrogens (tertiary/aromatic N) is 3. The summed E-state index contributed by atoms with van der Waals surface area (Å²) in [4.78, 5) is 51.2. The molecule has 5 N–H and O–H groups in total. The first-order valence-electron chi connectivity index (χ1n) is 17.1. The molecule has 13 nitrogen and oxygen atoms in total. The van der Waals surface area contributed by atoms with Gasteiger partial charge in [-0.15, -0.1) is 10.2 Å². The van der Waals surface area contributed by atoms with Gasteiger partial charge in [-0.05, 0) is 130 Å². The summed E-state index contributed by atoms with van der Waals surface area (Å²) < 4.78 is 5.34. The van der Waals surface area contributed by atoms with Crippen molar-refractivity contribution in [3.05, 3.63) is 82.9 Å². The molecule has 268 valence electrons. The topological polar surface area (TPSA) is 188 Å². The average molecular weight is 696 g/mol. The zero-order valence-corrected chi connectivity index (χ0v) is 29.6. The maximum Gasteiger partial charge on any atom is 0.407 e. The van der Waals surface area contributed by atoms with Crippen molar-refractivity contribution in [1.29, 1.82) is 0 Å². The Kier molecular flexibility index (Phi) is 11.5. The number of aryl methyl sites for hydroxylation is 2. The normalized spacial score (nSPS) is 16.5. The second-order valence-corrected chi connectivity index (χ2v) is 14.2. The molecule has 3 aromatic carbocycles. The Morgan fingerprint density at radius 3 is 2.20 bits per heavy atom. The van der Waals surface area contributed by atoms with Gasteiger partial charge in [0, 0.05) is 30.1 Å². The fourth-order valence-corrected chi connectivity index (χ4v) is 6.34. The van der Waals surface area contributed by atoms with Crippen LogP contribution in [0.5, 0.6) is 0 Å². The van der Waals surface area contributed by atoms with Gasteiger partial charge in [0.15, 0.2) is 0 Å². The Balaban J connectivity index is 1.27. The molecule has 13 heteroatoms. The molecule has 0 unspecified atom stereocenters. The summed E-state index contributed by atoms with van der Waals surface area (Å²) in [6, 6.07) is 17.3. The van der Waals surface area contributed by atoms with Gasteiger partial charge in [-0.1, -0.05) is 30.3 Å². The Hall–Kier alpha value is -5.59. The van der Waals surface area contributed by atoms with E-state index in [1.807, 2.05) is 58.0 Å². The van der Waals surface area contributed by atoms with Crippen molar-refractivity contribution >= 4 is 29.6 Å². The lowest BCUT2D eigenvalue weighted by molar-refractivity contribution is -0.130. The molecule has 1 saturated carbocycles. The van der Waals surface area contributed by atoms with Crippen LogP contribution in [0.4, 0.5) is 10.5 Å². The summed E-state index contributed by atoms with van der Waals surface area (Å²) in [5.41, 5.74) is 5.08. The second-order valence-electron chi connectivity index (χ2n) is 14.2. The first-order valence-corrected chi connectivity index (χ1v) is 17.1. The smallest absolute Gasteiger partial charge is 0.407 e. The van der Waals surface area contributed by atoms with Crippen LogP contribution < -0.4 is 16.0 Å². The van der Waals surface area contributed by atoms with Gasteiger partial charge in [-0.3, -0.25) is 9.59 Å². The molecule has 1 aliphatic rings. The van der Waals surface area contributed by atoms with E-state index < -0.39 is 23.7 Å². The number of carbonyl (C=O) groups excluding carboxylic acids is 3. The van der Waals surface area contributed by atoms with E-state index in [9.17, 15) is 24.3 Å². The average Bonchev–Trinajstić information content (AvgIpc) is 3.62. The van der Waals surface area contributed by atoms with Crippen LogP contribution in [0.2, 0.25) is 0 Å². The molecular formula is C38H45N7O6. The van der Waals surface area contributed by atoms with Crippen molar-refractivity contribution in [2.45, 2.75) is 78.4 Å². The van der Waals surface area contributed by atoms with Gasteiger partial charge in [0.1, 0.15) is 11.6 Å². The lowest BCUT2D eigenvalue weighted by Crippen LogP contribution is -2.48. The molecule has 1 aromatic heterocycles. The molecule has 0 bridgehead atoms. The zero-order valence-electron chi connectivity index (χ0n) is 29.6. The van der Waals surface area contributed by atoms with Gasteiger partial charge in [0.2, 0.25) is 17.6 Å². The number of aromatic carboxylic acids is 1. The van der Waals surface area contributed by atoms with Gasteiger partial charge in [0.05, 0.1) is 5.56 Å². The zero-order chi connectivity index (χ0) is 36.7. The highest BCUT2D eigenvalue weighted by molar-refractivity contribution is 5.98. The molecule has 5 rings (SSSR count). The number of amides is 3. The SMILES string of the molecule is Cc1cc(C)c(-c2ccc(C[C@H](NC(=O)C3CCC(CNC(=O)OC(C)(C)C)CC3)C(=O)Nc3ccc(-c4nn[nH]n4)cc3)cc2)cc1C(=O)O. The van der Waals surface area contributed by atoms with E-state index in [1.165, 1.54) is 0 Å². The Bertz CT molecular complexity index is 1840. The summed E-state index contributed by atoms with van der Waals surface area (Å²) in [5, 5.41) is 32.4. The molecular weight excluding hydrogens is 650 g/mol. The monoisotopic (exact) mass is 695 g/mol. The number of anilines is 1. The molecule has 1 fully saturated rings. The summed E-state index contributed by atoms with van der Waals surface area (Å²) in [6.07, 6.45) is 2.60. The Labute approximate surface area is 297 Å². The maximum absolute atomic E-state index is 13.7. The number of aromatic amines is 1. The highest BCUT2D eigenvalue weighted by Gasteiger charge is 2.30. The van der Waals surface area contributed by atoms with Crippen LogP contribution in [0.25, 0.3) is 22.5 Å². The summed E-state index contributed by atoms with van der Waals surface area (Å²) >= 11 is 0. The molecule has 0 saturated heterocycles. The predicted molar refractivity (Wildman–Crippen MR) is 192 cm³/mol. The van der Waals surface area contributed by atoms with E-state index >= 15 is 0 Å². The number of nitrogens with one attached hydrogen (secondary N) is 4. The third kappa shape index (κ3) is 9.99. The number of H-pyrrole nitrogens is 1. The minimum Gasteiger partial charge on any atom is -0.478 e. The van der Waals surface area contributed by atoms with E-state index in [-0.39, 0.29) is 35.6 Å². The van der Waals surface area contributed by atoms with E-state index in [0.717, 1.165) is 40.7 Å². The lowest BCUT2D eigenvalue weighted by atomic mass is 9.81. The minimum atomic E-state index is -0.981. The lowest BCUT2D eigenvalue weighted by Gasteiger charge is -2.29.